The molecule has 1 N–H and O–H groups in total. The van der Waals surface area contributed by atoms with Crippen LogP contribution in [0.4, 0.5) is 5.69 Å². The van der Waals surface area contributed by atoms with Crippen molar-refractivity contribution in [1.29, 1.82) is 0 Å². The molecule has 1 saturated heterocycles. The lowest BCUT2D eigenvalue weighted by Crippen LogP contribution is -2.40. The van der Waals surface area contributed by atoms with Gasteiger partial charge in [0.1, 0.15) is 6.04 Å². The van der Waals surface area contributed by atoms with Crippen molar-refractivity contribution in [1.82, 2.24) is 4.90 Å². The normalized spacial score (nSPS) is 23.1. The van der Waals surface area contributed by atoms with Gasteiger partial charge in [0.25, 0.3) is 5.91 Å². The lowest BCUT2D eigenvalue weighted by atomic mass is 10.1. The number of hydrogen-bond donors (Lipinski definition) is 1. The van der Waals surface area contributed by atoms with E-state index in [1.165, 1.54) is 16.0 Å². The first-order valence-corrected chi connectivity index (χ1v) is 7.76. The Hall–Kier alpha value is -1.84. The number of carbonyl (C=O) groups excluding carboxylic acids is 2. The quantitative estimate of drug-likeness (QED) is 0.869. The number of imide groups is 1. The molecule has 112 valence electrons. The minimum atomic E-state index is -0.403. The van der Waals surface area contributed by atoms with Crippen LogP contribution in [0.25, 0.3) is 0 Å². The molecule has 1 aromatic rings. The maximum atomic E-state index is 12.5. The summed E-state index contributed by atoms with van der Waals surface area (Å²) in [7, 11) is 0. The Bertz CT molecular complexity index is 576. The van der Waals surface area contributed by atoms with Crippen molar-refractivity contribution in [3.05, 3.63) is 29.3 Å². The van der Waals surface area contributed by atoms with Crippen LogP contribution in [0, 0.1) is 13.8 Å². The fraction of sp³-hybridized carbons (Fsp3) is 0.529. The molecule has 2 fully saturated rings. The van der Waals surface area contributed by atoms with Gasteiger partial charge in [0.15, 0.2) is 0 Å². The number of nitrogens with zero attached hydrogens (tertiary/aromatic N) is 1. The van der Waals surface area contributed by atoms with E-state index in [1.807, 2.05) is 25.1 Å². The van der Waals surface area contributed by atoms with Crippen LogP contribution in [0.1, 0.15) is 43.2 Å². The first kappa shape index (κ1) is 14.1. The zero-order valence-corrected chi connectivity index (χ0v) is 12.7. The Morgan fingerprint density at radius 2 is 1.81 bits per heavy atom. The molecule has 0 spiro atoms. The molecule has 4 nitrogen and oxygen atoms in total. The van der Waals surface area contributed by atoms with Crippen LogP contribution in [0.5, 0.6) is 0 Å². The Labute approximate surface area is 125 Å². The van der Waals surface area contributed by atoms with Gasteiger partial charge < -0.3 is 5.32 Å². The molecular formula is C17H22N2O2. The molecule has 1 aliphatic carbocycles. The number of amides is 2. The summed E-state index contributed by atoms with van der Waals surface area (Å²) in [4.78, 5) is 26.2. The monoisotopic (exact) mass is 286 g/mol. The Balaban J connectivity index is 1.73. The predicted octanol–water partition coefficient (Wildman–Crippen LogP) is 2.79. The molecule has 0 bridgehead atoms. The zero-order valence-electron chi connectivity index (χ0n) is 12.7. The maximum Gasteiger partial charge on any atom is 0.252 e. The second kappa shape index (κ2) is 5.51. The molecule has 1 heterocycles. The highest BCUT2D eigenvalue weighted by atomic mass is 16.2. The van der Waals surface area contributed by atoms with E-state index in [2.05, 4.69) is 12.2 Å². The standard InChI is InChI=1S/C17H22N2O2/c1-11-7-8-13(9-12(11)2)18-15-10-16(20)19(17(15)21)14-5-3-4-6-14/h7-9,14-15,18H,3-6,10H2,1-2H3. The smallest absolute Gasteiger partial charge is 0.252 e. The molecule has 4 heteroatoms. The summed E-state index contributed by atoms with van der Waals surface area (Å²) in [5.41, 5.74) is 3.32. The van der Waals surface area contributed by atoms with E-state index in [0.29, 0.717) is 0 Å². The van der Waals surface area contributed by atoms with Crippen molar-refractivity contribution in [2.24, 2.45) is 0 Å². The highest BCUT2D eigenvalue weighted by molar-refractivity contribution is 6.07. The Morgan fingerprint density at radius 3 is 2.48 bits per heavy atom. The minimum absolute atomic E-state index is 0.0202. The Kier molecular flexibility index (Phi) is 3.70. The van der Waals surface area contributed by atoms with Crippen molar-refractivity contribution in [2.75, 3.05) is 5.32 Å². The second-order valence-corrected chi connectivity index (χ2v) is 6.24. The molecule has 0 radical (unpaired) electrons. The first-order chi connectivity index (χ1) is 10.1. The molecular weight excluding hydrogens is 264 g/mol. The first-order valence-electron chi connectivity index (χ1n) is 7.76. The van der Waals surface area contributed by atoms with Crippen LogP contribution < -0.4 is 5.32 Å². The van der Waals surface area contributed by atoms with Crippen LogP contribution in [-0.4, -0.2) is 28.8 Å². The maximum absolute atomic E-state index is 12.5. The number of carbonyl (C=O) groups is 2. The van der Waals surface area contributed by atoms with Crippen LogP contribution in [0.15, 0.2) is 18.2 Å². The summed E-state index contributed by atoms with van der Waals surface area (Å²) in [5.74, 6) is -0.0710. The van der Waals surface area contributed by atoms with Gasteiger partial charge in [-0.1, -0.05) is 18.9 Å². The number of nitrogens with one attached hydrogen (secondary N) is 1. The van der Waals surface area contributed by atoms with Gasteiger partial charge in [-0.15, -0.1) is 0 Å². The van der Waals surface area contributed by atoms with E-state index in [0.717, 1.165) is 31.4 Å². The van der Waals surface area contributed by atoms with E-state index in [-0.39, 0.29) is 24.3 Å². The van der Waals surface area contributed by atoms with Crippen LogP contribution in [-0.2, 0) is 9.59 Å². The highest BCUT2D eigenvalue weighted by Crippen LogP contribution is 2.29. The van der Waals surface area contributed by atoms with Gasteiger partial charge in [0.2, 0.25) is 5.91 Å². The van der Waals surface area contributed by atoms with Gasteiger partial charge in [-0.3, -0.25) is 14.5 Å². The summed E-state index contributed by atoms with van der Waals surface area (Å²) >= 11 is 0. The zero-order chi connectivity index (χ0) is 15.0. The molecule has 1 aromatic carbocycles. The molecule has 1 saturated carbocycles. The number of benzene rings is 1. The third-order valence-corrected chi connectivity index (χ3v) is 4.72. The summed E-state index contributed by atoms with van der Waals surface area (Å²) in [6.45, 7) is 4.11. The molecule has 2 aliphatic rings. The molecule has 21 heavy (non-hydrogen) atoms. The third kappa shape index (κ3) is 2.67. The molecule has 1 unspecified atom stereocenters. The van der Waals surface area contributed by atoms with Gasteiger partial charge in [-0.25, -0.2) is 0 Å². The van der Waals surface area contributed by atoms with Crippen molar-refractivity contribution in [2.45, 2.75) is 58.0 Å². The third-order valence-electron chi connectivity index (χ3n) is 4.72. The van der Waals surface area contributed by atoms with Crippen molar-refractivity contribution < 1.29 is 9.59 Å². The summed E-state index contributed by atoms with van der Waals surface area (Å²) in [6.07, 6.45) is 4.46. The topological polar surface area (TPSA) is 49.4 Å². The van der Waals surface area contributed by atoms with Gasteiger partial charge >= 0.3 is 0 Å². The van der Waals surface area contributed by atoms with Crippen molar-refractivity contribution in [3.8, 4) is 0 Å². The Morgan fingerprint density at radius 1 is 1.10 bits per heavy atom. The molecule has 3 rings (SSSR count). The fourth-order valence-corrected chi connectivity index (χ4v) is 3.34. The van der Waals surface area contributed by atoms with Crippen molar-refractivity contribution >= 4 is 17.5 Å². The van der Waals surface area contributed by atoms with E-state index in [1.54, 1.807) is 0 Å². The highest BCUT2D eigenvalue weighted by Gasteiger charge is 2.42. The van der Waals surface area contributed by atoms with Gasteiger partial charge in [-0.05, 0) is 49.9 Å². The number of likely N-dealkylation sites (tertiary alicyclic amines) is 1. The fourth-order valence-electron chi connectivity index (χ4n) is 3.34. The molecule has 1 aliphatic heterocycles. The summed E-state index contributed by atoms with van der Waals surface area (Å²) < 4.78 is 0. The lowest BCUT2D eigenvalue weighted by molar-refractivity contribution is -0.141. The number of anilines is 1. The SMILES string of the molecule is Cc1ccc(NC2CC(=O)N(C3CCCC3)C2=O)cc1C. The van der Waals surface area contributed by atoms with Gasteiger partial charge in [0, 0.05) is 11.7 Å². The number of hydrogen-bond acceptors (Lipinski definition) is 3. The summed E-state index contributed by atoms with van der Waals surface area (Å²) in [5, 5.41) is 3.23. The number of aryl methyl sites for hydroxylation is 2. The van der Waals surface area contributed by atoms with Gasteiger partial charge in [-0.2, -0.15) is 0 Å². The van der Waals surface area contributed by atoms with E-state index >= 15 is 0 Å². The van der Waals surface area contributed by atoms with Crippen molar-refractivity contribution in [3.63, 3.8) is 0 Å². The predicted molar refractivity (Wildman–Crippen MR) is 82.1 cm³/mol. The van der Waals surface area contributed by atoms with E-state index in [4.69, 9.17) is 0 Å². The van der Waals surface area contributed by atoms with E-state index in [9.17, 15) is 9.59 Å². The van der Waals surface area contributed by atoms with Gasteiger partial charge in [0.05, 0.1) is 6.42 Å². The average Bonchev–Trinajstić information content (AvgIpc) is 3.04. The largest absolute Gasteiger partial charge is 0.373 e. The second-order valence-electron chi connectivity index (χ2n) is 6.24. The summed E-state index contributed by atoms with van der Waals surface area (Å²) in [6, 6.07) is 5.77. The molecule has 1 atom stereocenters. The van der Waals surface area contributed by atoms with E-state index < -0.39 is 6.04 Å². The lowest BCUT2D eigenvalue weighted by Gasteiger charge is -2.22. The molecule has 2 amide bonds. The number of rotatable bonds is 3. The average molecular weight is 286 g/mol. The van der Waals surface area contributed by atoms with Crippen LogP contribution >= 0.6 is 0 Å². The van der Waals surface area contributed by atoms with Crippen LogP contribution in [0.2, 0.25) is 0 Å². The van der Waals surface area contributed by atoms with Crippen LogP contribution in [0.3, 0.4) is 0 Å². The minimum Gasteiger partial charge on any atom is -0.373 e. The molecule has 0 aromatic heterocycles.